The molecule has 148 valence electrons. The number of aromatic nitrogens is 2. The largest absolute Gasteiger partial charge is 0.500 e. The van der Waals surface area contributed by atoms with E-state index in [9.17, 15) is 25.3 Å². The third kappa shape index (κ3) is 3.95. The summed E-state index contributed by atoms with van der Waals surface area (Å²) in [6, 6.07) is 8.35. The molecule has 0 bridgehead atoms. The topological polar surface area (TPSA) is 172 Å². The van der Waals surface area contributed by atoms with Gasteiger partial charge in [0, 0.05) is 29.3 Å². The molecule has 0 atom stereocenters. The summed E-state index contributed by atoms with van der Waals surface area (Å²) < 4.78 is 6.14. The Morgan fingerprint density at radius 2 is 2.00 bits per heavy atom. The Kier molecular flexibility index (Phi) is 5.08. The highest BCUT2D eigenvalue weighted by Gasteiger charge is 2.19. The third-order valence-corrected chi connectivity index (χ3v) is 3.89. The number of aromatic hydroxyl groups is 1. The fourth-order valence-electron chi connectivity index (χ4n) is 2.51. The molecular weight excluding hydrogens is 384 g/mol. The van der Waals surface area contributed by atoms with Crippen molar-refractivity contribution >= 4 is 23.5 Å². The molecule has 12 nitrogen and oxygen atoms in total. The average molecular weight is 398 g/mol. The van der Waals surface area contributed by atoms with Crippen molar-refractivity contribution in [2.24, 2.45) is 5.10 Å². The first-order chi connectivity index (χ1) is 13.8. The number of nitro groups is 2. The zero-order chi connectivity index (χ0) is 21.1. The molecule has 0 spiro atoms. The number of rotatable bonds is 6. The normalized spacial score (nSPS) is 10.9. The van der Waals surface area contributed by atoms with E-state index >= 15 is 0 Å². The van der Waals surface area contributed by atoms with E-state index in [-0.39, 0.29) is 22.9 Å². The van der Waals surface area contributed by atoms with Crippen molar-refractivity contribution < 1.29 is 19.7 Å². The first kappa shape index (κ1) is 19.3. The van der Waals surface area contributed by atoms with Crippen LogP contribution in [-0.4, -0.2) is 37.9 Å². The molecule has 0 aliphatic heterocycles. The minimum Gasteiger partial charge on any atom is -0.500 e. The van der Waals surface area contributed by atoms with Crippen LogP contribution in [0.25, 0.3) is 11.3 Å². The Hall–Kier alpha value is -4.48. The summed E-state index contributed by atoms with van der Waals surface area (Å²) in [7, 11) is 1.26. The second-order valence-corrected chi connectivity index (χ2v) is 5.73. The quantitative estimate of drug-likeness (QED) is 0.362. The molecule has 0 amide bonds. The van der Waals surface area contributed by atoms with Gasteiger partial charge in [-0.1, -0.05) is 12.1 Å². The zero-order valence-electron chi connectivity index (χ0n) is 14.9. The van der Waals surface area contributed by atoms with Crippen LogP contribution in [0.2, 0.25) is 0 Å². The molecule has 0 aliphatic carbocycles. The molecule has 0 saturated heterocycles. The molecule has 29 heavy (non-hydrogen) atoms. The Balaban J connectivity index is 1.95. The Morgan fingerprint density at radius 3 is 2.66 bits per heavy atom. The van der Waals surface area contributed by atoms with E-state index in [1.165, 1.54) is 48.5 Å². The van der Waals surface area contributed by atoms with E-state index in [0.29, 0.717) is 11.3 Å². The number of nitrogens with two attached hydrogens (primary N) is 1. The fourth-order valence-corrected chi connectivity index (χ4v) is 2.51. The summed E-state index contributed by atoms with van der Waals surface area (Å²) in [4.78, 5) is 24.8. The SMILES string of the molecule is COc1cc(C=Nn2cc(-c3cccc([N+](=O)[O-])c3)nc2N)cc([N+](=O)[O-])c1O. The highest BCUT2D eigenvalue weighted by molar-refractivity contribution is 5.83. The number of hydrogen-bond donors (Lipinski definition) is 2. The lowest BCUT2D eigenvalue weighted by atomic mass is 10.1. The van der Waals surface area contributed by atoms with Gasteiger partial charge in [0.25, 0.3) is 5.69 Å². The van der Waals surface area contributed by atoms with E-state index in [2.05, 4.69) is 10.1 Å². The van der Waals surface area contributed by atoms with Crippen LogP contribution in [0, 0.1) is 20.2 Å². The molecule has 0 fully saturated rings. The molecule has 3 aromatic rings. The summed E-state index contributed by atoms with van der Waals surface area (Å²) in [6.07, 6.45) is 2.72. The van der Waals surface area contributed by atoms with Gasteiger partial charge in [-0.05, 0) is 6.07 Å². The zero-order valence-corrected chi connectivity index (χ0v) is 14.9. The van der Waals surface area contributed by atoms with Gasteiger partial charge in [-0.2, -0.15) is 5.10 Å². The van der Waals surface area contributed by atoms with Crippen LogP contribution in [0.15, 0.2) is 47.7 Å². The van der Waals surface area contributed by atoms with Crippen LogP contribution in [0.3, 0.4) is 0 Å². The highest BCUT2D eigenvalue weighted by Crippen LogP contribution is 2.36. The average Bonchev–Trinajstić information content (AvgIpc) is 3.07. The van der Waals surface area contributed by atoms with E-state index in [1.807, 2.05) is 0 Å². The van der Waals surface area contributed by atoms with Crippen molar-refractivity contribution in [3.05, 3.63) is 68.4 Å². The van der Waals surface area contributed by atoms with Crippen molar-refractivity contribution in [2.45, 2.75) is 0 Å². The monoisotopic (exact) mass is 398 g/mol. The van der Waals surface area contributed by atoms with Gasteiger partial charge in [-0.15, -0.1) is 0 Å². The molecular formula is C17H14N6O6. The van der Waals surface area contributed by atoms with Crippen LogP contribution < -0.4 is 10.5 Å². The molecule has 2 aromatic carbocycles. The molecule has 1 heterocycles. The molecule has 0 radical (unpaired) electrons. The summed E-state index contributed by atoms with van der Waals surface area (Å²) >= 11 is 0. The second-order valence-electron chi connectivity index (χ2n) is 5.73. The molecule has 3 rings (SSSR count). The maximum Gasteiger partial charge on any atom is 0.315 e. The van der Waals surface area contributed by atoms with Crippen LogP contribution in [-0.2, 0) is 0 Å². The van der Waals surface area contributed by atoms with Crippen molar-refractivity contribution in [3.8, 4) is 22.8 Å². The molecule has 1 aromatic heterocycles. The smallest absolute Gasteiger partial charge is 0.315 e. The first-order valence-electron chi connectivity index (χ1n) is 7.99. The van der Waals surface area contributed by atoms with Gasteiger partial charge in [0.05, 0.1) is 35.1 Å². The van der Waals surface area contributed by atoms with E-state index in [1.54, 1.807) is 6.07 Å². The maximum atomic E-state index is 11.1. The first-order valence-corrected chi connectivity index (χ1v) is 7.99. The summed E-state index contributed by atoms with van der Waals surface area (Å²) in [5, 5.41) is 35.9. The van der Waals surface area contributed by atoms with Crippen molar-refractivity contribution in [3.63, 3.8) is 0 Å². The number of nitro benzene ring substituents is 2. The van der Waals surface area contributed by atoms with E-state index in [0.717, 1.165) is 6.07 Å². The number of hydrogen-bond acceptors (Lipinski definition) is 9. The number of methoxy groups -OCH3 is 1. The standard InChI is InChI=1S/C17H14N6O6/c1-29-15-6-10(5-14(16(15)24)23(27)28)8-19-21-9-13(20-17(21)18)11-3-2-4-12(7-11)22(25)26/h2-9,24H,1H3,(H2,18,20). The number of ether oxygens (including phenoxy) is 1. The summed E-state index contributed by atoms with van der Waals surface area (Å²) in [6.45, 7) is 0. The predicted molar refractivity (Wildman–Crippen MR) is 103 cm³/mol. The minimum absolute atomic E-state index is 0.00278. The van der Waals surface area contributed by atoms with Crippen LogP contribution in [0.5, 0.6) is 11.5 Å². The number of phenols is 1. The van der Waals surface area contributed by atoms with Gasteiger partial charge in [-0.25, -0.2) is 9.66 Å². The van der Waals surface area contributed by atoms with Gasteiger partial charge in [0.2, 0.25) is 11.7 Å². The number of nitrogen functional groups attached to an aromatic ring is 1. The Morgan fingerprint density at radius 1 is 1.24 bits per heavy atom. The molecule has 12 heteroatoms. The van der Waals surface area contributed by atoms with Crippen LogP contribution in [0.1, 0.15) is 5.56 Å². The van der Waals surface area contributed by atoms with Gasteiger partial charge in [-0.3, -0.25) is 20.2 Å². The number of non-ortho nitro benzene ring substituents is 1. The highest BCUT2D eigenvalue weighted by atomic mass is 16.6. The fraction of sp³-hybridized carbons (Fsp3) is 0.0588. The number of imidazole rings is 1. The van der Waals surface area contributed by atoms with Gasteiger partial charge < -0.3 is 15.6 Å². The third-order valence-electron chi connectivity index (χ3n) is 3.89. The van der Waals surface area contributed by atoms with Crippen LogP contribution in [0.4, 0.5) is 17.3 Å². The number of phenolic OH excluding ortho intramolecular Hbond substituents is 1. The minimum atomic E-state index is -0.749. The summed E-state index contributed by atoms with van der Waals surface area (Å²) in [5.41, 5.74) is 6.30. The Labute approximate surface area is 162 Å². The predicted octanol–water partition coefficient (Wildman–Crippen LogP) is 2.55. The summed E-state index contributed by atoms with van der Waals surface area (Å²) in [5.74, 6) is -0.677. The molecule has 0 unspecified atom stereocenters. The number of benzene rings is 2. The lowest BCUT2D eigenvalue weighted by molar-refractivity contribution is -0.386. The van der Waals surface area contributed by atoms with Crippen molar-refractivity contribution in [1.82, 2.24) is 9.66 Å². The molecule has 0 aliphatic rings. The number of nitrogens with zero attached hydrogens (tertiary/aromatic N) is 5. The van der Waals surface area contributed by atoms with Gasteiger partial charge >= 0.3 is 5.69 Å². The number of anilines is 1. The lowest BCUT2D eigenvalue weighted by Gasteiger charge is -2.05. The maximum absolute atomic E-state index is 11.1. The molecule has 3 N–H and O–H groups in total. The van der Waals surface area contributed by atoms with Gasteiger partial charge in [0.1, 0.15) is 0 Å². The van der Waals surface area contributed by atoms with E-state index < -0.39 is 21.3 Å². The van der Waals surface area contributed by atoms with E-state index in [4.69, 9.17) is 10.5 Å². The van der Waals surface area contributed by atoms with Crippen molar-refractivity contribution in [1.29, 1.82) is 0 Å². The van der Waals surface area contributed by atoms with Crippen molar-refractivity contribution in [2.75, 3.05) is 12.8 Å². The Bertz CT molecular complexity index is 1140. The lowest BCUT2D eigenvalue weighted by Crippen LogP contribution is -1.98. The van der Waals surface area contributed by atoms with Gasteiger partial charge in [0.15, 0.2) is 5.75 Å². The second kappa shape index (κ2) is 7.64. The van der Waals surface area contributed by atoms with Crippen LogP contribution >= 0.6 is 0 Å². The molecule has 0 saturated carbocycles.